The molecule has 1 aromatic heterocycles. The van der Waals surface area contributed by atoms with Gasteiger partial charge >= 0.3 is 0 Å². The molecule has 0 fully saturated rings. The molecule has 0 radical (unpaired) electrons. The Morgan fingerprint density at radius 3 is 2.52 bits per heavy atom. The quantitative estimate of drug-likeness (QED) is 0.700. The number of hydrogen-bond donors (Lipinski definition) is 0. The number of methoxy groups -OCH3 is 2. The predicted molar refractivity (Wildman–Crippen MR) is 87.2 cm³/mol. The van der Waals surface area contributed by atoms with Crippen LogP contribution in [-0.4, -0.2) is 35.5 Å². The standard InChI is InChI=1S/C17H23N3O3/c1-12(2)10-20-15(14(11-21)18-19-20)7-5-13-6-8-16(22-3)17(9-13)23-4/h6,8-9,11-12H,5,7,10H2,1-4H3. The summed E-state index contributed by atoms with van der Waals surface area (Å²) in [4.78, 5) is 11.2. The van der Waals surface area contributed by atoms with Crippen LogP contribution < -0.4 is 9.47 Å². The molecular weight excluding hydrogens is 294 g/mol. The number of aromatic nitrogens is 3. The van der Waals surface area contributed by atoms with Crippen molar-refractivity contribution in [3.8, 4) is 11.5 Å². The van der Waals surface area contributed by atoms with Crippen molar-refractivity contribution in [2.45, 2.75) is 33.2 Å². The Labute approximate surface area is 136 Å². The van der Waals surface area contributed by atoms with Crippen molar-refractivity contribution in [1.29, 1.82) is 0 Å². The Hall–Kier alpha value is -2.37. The maximum absolute atomic E-state index is 11.2. The van der Waals surface area contributed by atoms with Gasteiger partial charge in [-0.25, -0.2) is 4.68 Å². The summed E-state index contributed by atoms with van der Waals surface area (Å²) in [6, 6.07) is 5.84. The molecule has 0 aliphatic carbocycles. The van der Waals surface area contributed by atoms with Gasteiger partial charge in [0.25, 0.3) is 0 Å². The van der Waals surface area contributed by atoms with Gasteiger partial charge in [0.05, 0.1) is 19.9 Å². The van der Waals surface area contributed by atoms with Crippen LogP contribution in [0.5, 0.6) is 11.5 Å². The van der Waals surface area contributed by atoms with Crippen LogP contribution in [0.15, 0.2) is 18.2 Å². The number of carbonyl (C=O) groups is 1. The molecule has 0 saturated heterocycles. The first kappa shape index (κ1) is 17.0. The van der Waals surface area contributed by atoms with Crippen LogP contribution in [0.3, 0.4) is 0 Å². The van der Waals surface area contributed by atoms with Crippen LogP contribution in [0.2, 0.25) is 0 Å². The molecule has 0 spiro atoms. The van der Waals surface area contributed by atoms with Gasteiger partial charge in [0.15, 0.2) is 17.8 Å². The highest BCUT2D eigenvalue weighted by Crippen LogP contribution is 2.28. The number of ether oxygens (including phenoxy) is 2. The molecule has 0 aliphatic heterocycles. The Balaban J connectivity index is 2.17. The SMILES string of the molecule is COc1ccc(CCc2c(C=O)nnn2CC(C)C)cc1OC. The highest BCUT2D eigenvalue weighted by Gasteiger charge is 2.14. The Morgan fingerprint density at radius 2 is 1.91 bits per heavy atom. The summed E-state index contributed by atoms with van der Waals surface area (Å²) in [5.74, 6) is 1.85. The van der Waals surface area contributed by atoms with Crippen LogP contribution in [0.4, 0.5) is 0 Å². The summed E-state index contributed by atoms with van der Waals surface area (Å²) in [7, 11) is 3.23. The average Bonchev–Trinajstić information content (AvgIpc) is 2.93. The van der Waals surface area contributed by atoms with E-state index in [2.05, 4.69) is 24.2 Å². The van der Waals surface area contributed by atoms with E-state index >= 15 is 0 Å². The van der Waals surface area contributed by atoms with Crippen molar-refractivity contribution in [3.63, 3.8) is 0 Å². The molecule has 0 N–H and O–H groups in total. The molecule has 6 nitrogen and oxygen atoms in total. The topological polar surface area (TPSA) is 66.2 Å². The zero-order valence-corrected chi connectivity index (χ0v) is 14.1. The van der Waals surface area contributed by atoms with E-state index in [1.54, 1.807) is 14.2 Å². The third-order valence-corrected chi connectivity index (χ3v) is 3.62. The molecular formula is C17H23N3O3. The minimum absolute atomic E-state index is 0.422. The van der Waals surface area contributed by atoms with E-state index in [1.165, 1.54) is 0 Å². The molecule has 0 unspecified atom stereocenters. The minimum Gasteiger partial charge on any atom is -0.493 e. The number of rotatable bonds is 8. The highest BCUT2D eigenvalue weighted by atomic mass is 16.5. The maximum Gasteiger partial charge on any atom is 0.172 e. The summed E-state index contributed by atoms with van der Waals surface area (Å²) in [5.41, 5.74) is 2.41. The molecule has 1 heterocycles. The van der Waals surface area contributed by atoms with Gasteiger partial charge in [0, 0.05) is 6.54 Å². The van der Waals surface area contributed by atoms with Crippen molar-refractivity contribution in [3.05, 3.63) is 35.2 Å². The Bertz CT molecular complexity index is 665. The van der Waals surface area contributed by atoms with Crippen molar-refractivity contribution >= 4 is 6.29 Å². The lowest BCUT2D eigenvalue weighted by molar-refractivity contribution is 0.111. The fourth-order valence-electron chi connectivity index (χ4n) is 2.49. The van der Waals surface area contributed by atoms with Crippen LogP contribution in [0, 0.1) is 5.92 Å². The third-order valence-electron chi connectivity index (χ3n) is 3.62. The van der Waals surface area contributed by atoms with Crippen molar-refractivity contribution in [2.75, 3.05) is 14.2 Å². The highest BCUT2D eigenvalue weighted by molar-refractivity contribution is 5.73. The molecule has 124 valence electrons. The lowest BCUT2D eigenvalue weighted by Gasteiger charge is -2.11. The van der Waals surface area contributed by atoms with Gasteiger partial charge < -0.3 is 9.47 Å². The summed E-state index contributed by atoms with van der Waals surface area (Å²) >= 11 is 0. The van der Waals surface area contributed by atoms with Gasteiger partial charge in [-0.2, -0.15) is 0 Å². The number of aryl methyl sites for hydroxylation is 1. The molecule has 1 aromatic carbocycles. The summed E-state index contributed by atoms with van der Waals surface area (Å²) in [6.45, 7) is 4.98. The lowest BCUT2D eigenvalue weighted by atomic mass is 10.1. The van der Waals surface area contributed by atoms with E-state index in [4.69, 9.17) is 9.47 Å². The van der Waals surface area contributed by atoms with E-state index in [0.29, 0.717) is 29.5 Å². The van der Waals surface area contributed by atoms with Gasteiger partial charge in [0.2, 0.25) is 0 Å². The average molecular weight is 317 g/mol. The number of carbonyl (C=O) groups excluding carboxylic acids is 1. The van der Waals surface area contributed by atoms with Crippen molar-refractivity contribution in [2.24, 2.45) is 5.92 Å². The largest absolute Gasteiger partial charge is 0.493 e. The van der Waals surface area contributed by atoms with Gasteiger partial charge in [-0.15, -0.1) is 5.10 Å². The van der Waals surface area contributed by atoms with Crippen molar-refractivity contribution in [1.82, 2.24) is 15.0 Å². The summed E-state index contributed by atoms with van der Waals surface area (Å²) < 4.78 is 12.4. The fraction of sp³-hybridized carbons (Fsp3) is 0.471. The summed E-state index contributed by atoms with van der Waals surface area (Å²) in [5, 5.41) is 8.05. The van der Waals surface area contributed by atoms with E-state index in [9.17, 15) is 4.79 Å². The smallest absolute Gasteiger partial charge is 0.172 e. The Kier molecular flexibility index (Phi) is 5.73. The second-order valence-corrected chi connectivity index (χ2v) is 5.80. The van der Waals surface area contributed by atoms with Gasteiger partial charge in [-0.3, -0.25) is 4.79 Å². The van der Waals surface area contributed by atoms with E-state index in [1.807, 2.05) is 22.9 Å². The zero-order valence-electron chi connectivity index (χ0n) is 14.1. The predicted octanol–water partition coefficient (Wildman–Crippen LogP) is 2.55. The molecule has 23 heavy (non-hydrogen) atoms. The maximum atomic E-state index is 11.2. The molecule has 0 atom stereocenters. The van der Waals surface area contributed by atoms with Gasteiger partial charge in [-0.05, 0) is 36.5 Å². The second kappa shape index (κ2) is 7.76. The summed E-state index contributed by atoms with van der Waals surface area (Å²) in [6.07, 6.45) is 2.24. The van der Waals surface area contributed by atoms with Crippen molar-refractivity contribution < 1.29 is 14.3 Å². The van der Waals surface area contributed by atoms with Gasteiger partial charge in [0.1, 0.15) is 5.69 Å². The van der Waals surface area contributed by atoms with Gasteiger partial charge in [-0.1, -0.05) is 25.1 Å². The number of benzene rings is 1. The molecule has 2 rings (SSSR count). The van der Waals surface area contributed by atoms with E-state index in [-0.39, 0.29) is 0 Å². The third kappa shape index (κ3) is 4.09. The molecule has 0 aliphatic rings. The number of hydrogen-bond acceptors (Lipinski definition) is 5. The monoisotopic (exact) mass is 317 g/mol. The molecule has 0 amide bonds. The zero-order chi connectivity index (χ0) is 16.8. The van der Waals surface area contributed by atoms with Crippen LogP contribution >= 0.6 is 0 Å². The number of aldehydes is 1. The fourth-order valence-corrected chi connectivity index (χ4v) is 2.49. The van der Waals surface area contributed by atoms with E-state index < -0.39 is 0 Å². The first-order valence-corrected chi connectivity index (χ1v) is 7.67. The van der Waals surface area contributed by atoms with E-state index in [0.717, 1.165) is 30.5 Å². The lowest BCUT2D eigenvalue weighted by Crippen LogP contribution is -2.11. The van der Waals surface area contributed by atoms with Crippen LogP contribution in [-0.2, 0) is 19.4 Å². The first-order chi connectivity index (χ1) is 11.1. The molecule has 0 bridgehead atoms. The van der Waals surface area contributed by atoms with Crippen LogP contribution in [0.1, 0.15) is 35.6 Å². The minimum atomic E-state index is 0.422. The Morgan fingerprint density at radius 1 is 1.17 bits per heavy atom. The molecule has 2 aromatic rings. The van der Waals surface area contributed by atoms with Crippen LogP contribution in [0.25, 0.3) is 0 Å². The molecule has 6 heteroatoms. The second-order valence-electron chi connectivity index (χ2n) is 5.80. The first-order valence-electron chi connectivity index (χ1n) is 7.67. The number of nitrogens with zero attached hydrogens (tertiary/aromatic N) is 3. The normalized spacial score (nSPS) is 10.8. The molecule has 0 saturated carbocycles.